The molecule has 0 aliphatic carbocycles. The van der Waals surface area contributed by atoms with E-state index in [1.807, 2.05) is 30.3 Å². The van der Waals surface area contributed by atoms with Crippen LogP contribution in [0.25, 0.3) is 0 Å². The Labute approximate surface area is 166 Å². The highest BCUT2D eigenvalue weighted by molar-refractivity contribution is 7.14. The van der Waals surface area contributed by atoms with E-state index in [4.69, 9.17) is 4.74 Å². The molecule has 2 aromatic carbocycles. The van der Waals surface area contributed by atoms with Crippen LogP contribution in [-0.2, 0) is 0 Å². The molecule has 0 aliphatic rings. The van der Waals surface area contributed by atoms with E-state index >= 15 is 0 Å². The Balaban J connectivity index is 1.79. The smallest absolute Gasteiger partial charge is 0.274 e. The molecule has 0 saturated heterocycles. The van der Waals surface area contributed by atoms with Crippen molar-refractivity contribution in [2.24, 2.45) is 5.10 Å². The van der Waals surface area contributed by atoms with E-state index in [2.05, 4.69) is 15.8 Å². The van der Waals surface area contributed by atoms with Crippen LogP contribution in [0.3, 0.4) is 0 Å². The van der Waals surface area contributed by atoms with Crippen LogP contribution in [0.15, 0.2) is 71.1 Å². The number of carbonyl (C=O) groups is 2. The molecule has 0 fully saturated rings. The van der Waals surface area contributed by atoms with Gasteiger partial charge in [0.2, 0.25) is 0 Å². The lowest BCUT2D eigenvalue weighted by Crippen LogP contribution is -2.20. The molecule has 3 rings (SSSR count). The van der Waals surface area contributed by atoms with Crippen molar-refractivity contribution in [2.45, 2.75) is 13.8 Å². The SMILES string of the molecule is CC(C)=NNC(=O)c1ccsc1NC(=O)c1ccccc1Oc1ccccc1. The molecule has 0 spiro atoms. The summed E-state index contributed by atoms with van der Waals surface area (Å²) >= 11 is 1.26. The van der Waals surface area contributed by atoms with Crippen LogP contribution in [0.5, 0.6) is 11.5 Å². The molecule has 3 aromatic rings. The lowest BCUT2D eigenvalue weighted by molar-refractivity contribution is 0.0956. The summed E-state index contributed by atoms with van der Waals surface area (Å²) in [6, 6.07) is 17.8. The largest absolute Gasteiger partial charge is 0.457 e. The Morgan fingerprint density at radius 3 is 2.36 bits per heavy atom. The maximum absolute atomic E-state index is 12.8. The Morgan fingerprint density at radius 2 is 1.61 bits per heavy atom. The first-order chi connectivity index (χ1) is 13.5. The number of anilines is 1. The van der Waals surface area contributed by atoms with Gasteiger partial charge in [-0.05, 0) is 49.6 Å². The number of hydrogen-bond donors (Lipinski definition) is 2. The molecule has 6 nitrogen and oxygen atoms in total. The zero-order valence-electron chi connectivity index (χ0n) is 15.4. The predicted octanol–water partition coefficient (Wildman–Crippen LogP) is 4.92. The van der Waals surface area contributed by atoms with Crippen LogP contribution in [0.4, 0.5) is 5.00 Å². The van der Waals surface area contributed by atoms with Gasteiger partial charge in [-0.3, -0.25) is 9.59 Å². The van der Waals surface area contributed by atoms with Crippen molar-refractivity contribution >= 4 is 33.9 Å². The number of para-hydroxylation sites is 2. The zero-order chi connectivity index (χ0) is 19.9. The monoisotopic (exact) mass is 393 g/mol. The van der Waals surface area contributed by atoms with E-state index in [0.717, 1.165) is 5.71 Å². The van der Waals surface area contributed by atoms with Gasteiger partial charge in [0.15, 0.2) is 0 Å². The number of hydrogen-bond acceptors (Lipinski definition) is 5. The molecule has 1 heterocycles. The standard InChI is InChI=1S/C21H19N3O3S/c1-14(2)23-24-20(26)17-12-13-28-21(17)22-19(25)16-10-6-7-11-18(16)27-15-8-4-3-5-9-15/h3-13H,1-2H3,(H,22,25)(H,24,26). The summed E-state index contributed by atoms with van der Waals surface area (Å²) in [5.41, 5.74) is 3.91. The van der Waals surface area contributed by atoms with Gasteiger partial charge in [0.05, 0.1) is 11.1 Å². The third-order valence-corrected chi connectivity index (χ3v) is 4.45. The average molecular weight is 393 g/mol. The average Bonchev–Trinajstić information content (AvgIpc) is 3.15. The minimum Gasteiger partial charge on any atom is -0.457 e. The quantitative estimate of drug-likeness (QED) is 0.461. The van der Waals surface area contributed by atoms with Gasteiger partial charge < -0.3 is 10.1 Å². The summed E-state index contributed by atoms with van der Waals surface area (Å²) in [5.74, 6) is 0.316. The maximum atomic E-state index is 12.8. The van der Waals surface area contributed by atoms with E-state index in [1.165, 1.54) is 11.3 Å². The Hall–Kier alpha value is -3.45. The number of benzene rings is 2. The van der Waals surface area contributed by atoms with Gasteiger partial charge >= 0.3 is 0 Å². The predicted molar refractivity (Wildman–Crippen MR) is 111 cm³/mol. The molecule has 0 saturated carbocycles. The molecular weight excluding hydrogens is 374 g/mol. The molecule has 1 aromatic heterocycles. The number of hydrazone groups is 1. The minimum atomic E-state index is -0.383. The Bertz CT molecular complexity index is 1010. The molecule has 2 N–H and O–H groups in total. The molecule has 0 atom stereocenters. The van der Waals surface area contributed by atoms with E-state index < -0.39 is 0 Å². The summed E-state index contributed by atoms with van der Waals surface area (Å²) in [7, 11) is 0. The van der Waals surface area contributed by atoms with Crippen molar-refractivity contribution in [3.05, 3.63) is 77.2 Å². The van der Waals surface area contributed by atoms with Gasteiger partial charge in [-0.15, -0.1) is 11.3 Å². The highest BCUT2D eigenvalue weighted by Gasteiger charge is 2.18. The fourth-order valence-corrected chi connectivity index (χ4v) is 3.12. The lowest BCUT2D eigenvalue weighted by Gasteiger charge is -2.11. The van der Waals surface area contributed by atoms with Gasteiger partial charge in [0, 0.05) is 5.71 Å². The number of thiophene rings is 1. The van der Waals surface area contributed by atoms with Crippen molar-refractivity contribution in [1.29, 1.82) is 0 Å². The van der Waals surface area contributed by atoms with Crippen molar-refractivity contribution < 1.29 is 14.3 Å². The summed E-state index contributed by atoms with van der Waals surface area (Å²) in [4.78, 5) is 25.1. The van der Waals surface area contributed by atoms with Gasteiger partial charge in [-0.25, -0.2) is 5.43 Å². The number of nitrogens with one attached hydrogen (secondary N) is 2. The number of amides is 2. The maximum Gasteiger partial charge on any atom is 0.274 e. The van der Waals surface area contributed by atoms with Crippen molar-refractivity contribution in [3.63, 3.8) is 0 Å². The summed E-state index contributed by atoms with van der Waals surface area (Å²) in [6.45, 7) is 3.56. The first-order valence-corrected chi connectivity index (χ1v) is 9.44. The molecule has 0 bridgehead atoms. The first kappa shape index (κ1) is 19.3. The number of carbonyl (C=O) groups excluding carboxylic acids is 2. The summed E-state index contributed by atoms with van der Waals surface area (Å²) < 4.78 is 5.84. The van der Waals surface area contributed by atoms with Crippen LogP contribution >= 0.6 is 11.3 Å². The molecule has 28 heavy (non-hydrogen) atoms. The fourth-order valence-electron chi connectivity index (χ4n) is 2.34. The fraction of sp³-hybridized carbons (Fsp3) is 0.0952. The van der Waals surface area contributed by atoms with Crippen molar-refractivity contribution in [3.8, 4) is 11.5 Å². The van der Waals surface area contributed by atoms with Gasteiger partial charge in [-0.2, -0.15) is 5.10 Å². The molecule has 0 unspecified atom stereocenters. The van der Waals surface area contributed by atoms with E-state index in [0.29, 0.717) is 27.6 Å². The van der Waals surface area contributed by atoms with Crippen molar-refractivity contribution in [2.75, 3.05) is 5.32 Å². The number of rotatable bonds is 6. The second-order valence-corrected chi connectivity index (χ2v) is 6.94. The number of ether oxygens (including phenoxy) is 1. The second-order valence-electron chi connectivity index (χ2n) is 6.03. The molecule has 142 valence electrons. The Kier molecular flexibility index (Phi) is 6.18. The Morgan fingerprint density at radius 1 is 0.893 bits per heavy atom. The zero-order valence-corrected chi connectivity index (χ0v) is 16.2. The third-order valence-electron chi connectivity index (χ3n) is 3.62. The highest BCUT2D eigenvalue weighted by atomic mass is 32.1. The van der Waals surface area contributed by atoms with Crippen LogP contribution in [-0.4, -0.2) is 17.5 Å². The third kappa shape index (κ3) is 4.83. The van der Waals surface area contributed by atoms with Crippen LogP contribution in [0.2, 0.25) is 0 Å². The minimum absolute atomic E-state index is 0.352. The van der Waals surface area contributed by atoms with Crippen molar-refractivity contribution in [1.82, 2.24) is 5.43 Å². The highest BCUT2D eigenvalue weighted by Crippen LogP contribution is 2.28. The first-order valence-electron chi connectivity index (χ1n) is 8.56. The van der Waals surface area contributed by atoms with Crippen LogP contribution < -0.4 is 15.5 Å². The van der Waals surface area contributed by atoms with E-state index in [9.17, 15) is 9.59 Å². The van der Waals surface area contributed by atoms with E-state index in [-0.39, 0.29) is 11.8 Å². The van der Waals surface area contributed by atoms with Crippen LogP contribution in [0.1, 0.15) is 34.6 Å². The van der Waals surface area contributed by atoms with Gasteiger partial charge in [-0.1, -0.05) is 30.3 Å². The molecule has 0 aliphatic heterocycles. The van der Waals surface area contributed by atoms with E-state index in [1.54, 1.807) is 49.6 Å². The summed E-state index contributed by atoms with van der Waals surface area (Å²) in [6.07, 6.45) is 0. The molecule has 0 radical (unpaired) electrons. The van der Waals surface area contributed by atoms with Gasteiger partial charge in [0.25, 0.3) is 11.8 Å². The lowest BCUT2D eigenvalue weighted by atomic mass is 10.2. The topological polar surface area (TPSA) is 79.8 Å². The molecular formula is C21H19N3O3S. The normalized spacial score (nSPS) is 10.1. The molecule has 2 amide bonds. The second kappa shape index (κ2) is 8.96. The number of nitrogens with zero attached hydrogens (tertiary/aromatic N) is 1. The van der Waals surface area contributed by atoms with Crippen LogP contribution in [0, 0.1) is 0 Å². The van der Waals surface area contributed by atoms with Gasteiger partial charge in [0.1, 0.15) is 16.5 Å². The molecule has 7 heteroatoms. The summed E-state index contributed by atoms with van der Waals surface area (Å²) in [5, 5.41) is 8.88.